The van der Waals surface area contributed by atoms with Crippen LogP contribution in [0.15, 0.2) is 25.7 Å². The predicted molar refractivity (Wildman–Crippen MR) is 58.4 cm³/mol. The first-order valence-electron chi connectivity index (χ1n) is 5.20. The Morgan fingerprint density at radius 1 is 1.18 bits per heavy atom. The quantitative estimate of drug-likeness (QED) is 0.399. The van der Waals surface area contributed by atoms with Gasteiger partial charge in [0.05, 0.1) is 19.1 Å². The molecule has 2 atom stereocenters. The SMILES string of the molecule is C=COC=C.OCC12CCC(O)(C1)C(O)(O)O2. The molecule has 2 unspecified atom stereocenters. The Kier molecular flexibility index (Phi) is 3.95. The van der Waals surface area contributed by atoms with Crippen molar-refractivity contribution in [2.24, 2.45) is 0 Å². The number of aliphatic hydroxyl groups excluding tert-OH is 1. The van der Waals surface area contributed by atoms with Crippen molar-refractivity contribution in [3.63, 3.8) is 0 Å². The Balaban J connectivity index is 0.000000249. The number of fused-ring (bicyclic) bond motifs is 2. The summed E-state index contributed by atoms with van der Waals surface area (Å²) in [4.78, 5) is 0. The van der Waals surface area contributed by atoms with E-state index >= 15 is 0 Å². The van der Waals surface area contributed by atoms with Crippen LogP contribution in [0, 0.1) is 0 Å². The van der Waals surface area contributed by atoms with E-state index in [2.05, 4.69) is 17.9 Å². The van der Waals surface area contributed by atoms with Crippen molar-refractivity contribution in [2.75, 3.05) is 6.61 Å². The van der Waals surface area contributed by atoms with Gasteiger partial charge in [-0.25, -0.2) is 0 Å². The van der Waals surface area contributed by atoms with E-state index in [9.17, 15) is 15.3 Å². The fraction of sp³-hybridized carbons (Fsp3) is 0.636. The van der Waals surface area contributed by atoms with Crippen LogP contribution in [0.5, 0.6) is 0 Å². The van der Waals surface area contributed by atoms with E-state index in [0.29, 0.717) is 6.42 Å². The van der Waals surface area contributed by atoms with E-state index < -0.39 is 17.2 Å². The molecule has 0 spiro atoms. The summed E-state index contributed by atoms with van der Waals surface area (Å²) in [6.45, 7) is 6.22. The van der Waals surface area contributed by atoms with Crippen molar-refractivity contribution >= 4 is 0 Å². The maximum absolute atomic E-state index is 9.63. The second kappa shape index (κ2) is 4.75. The summed E-state index contributed by atoms with van der Waals surface area (Å²) in [6.07, 6.45) is 3.42. The topological polar surface area (TPSA) is 99.4 Å². The van der Waals surface area contributed by atoms with Crippen LogP contribution < -0.4 is 0 Å². The van der Waals surface area contributed by atoms with Crippen molar-refractivity contribution in [1.29, 1.82) is 0 Å². The molecule has 2 aliphatic rings. The van der Waals surface area contributed by atoms with Crippen LogP contribution >= 0.6 is 0 Å². The number of hydrogen-bond donors (Lipinski definition) is 4. The van der Waals surface area contributed by atoms with Crippen LogP contribution in [0.25, 0.3) is 0 Å². The van der Waals surface area contributed by atoms with Crippen LogP contribution in [0.4, 0.5) is 0 Å². The zero-order valence-corrected chi connectivity index (χ0v) is 9.50. The normalized spacial score (nSPS) is 36.9. The second-order valence-corrected chi connectivity index (χ2v) is 4.23. The highest BCUT2D eigenvalue weighted by Crippen LogP contribution is 2.53. The van der Waals surface area contributed by atoms with Gasteiger partial charge in [0.1, 0.15) is 11.2 Å². The van der Waals surface area contributed by atoms with E-state index in [1.54, 1.807) is 0 Å². The molecule has 17 heavy (non-hydrogen) atoms. The summed E-state index contributed by atoms with van der Waals surface area (Å²) in [5.74, 6) is -2.49. The highest BCUT2D eigenvalue weighted by atomic mass is 16.8. The van der Waals surface area contributed by atoms with Gasteiger partial charge in [-0.2, -0.15) is 0 Å². The van der Waals surface area contributed by atoms with E-state index in [0.717, 1.165) is 0 Å². The molecular formula is C11H18O6. The van der Waals surface area contributed by atoms with Gasteiger partial charge in [-0.3, -0.25) is 0 Å². The summed E-state index contributed by atoms with van der Waals surface area (Å²) in [7, 11) is 0. The number of aliphatic hydroxyl groups is 4. The van der Waals surface area contributed by atoms with Crippen LogP contribution in [-0.2, 0) is 9.47 Å². The number of rotatable bonds is 3. The molecule has 0 aromatic heterocycles. The van der Waals surface area contributed by atoms with Crippen molar-refractivity contribution in [2.45, 2.75) is 36.4 Å². The van der Waals surface area contributed by atoms with E-state index in [4.69, 9.17) is 9.84 Å². The minimum Gasteiger partial charge on any atom is -0.474 e. The maximum atomic E-state index is 9.63. The third kappa shape index (κ3) is 2.51. The predicted octanol–water partition coefficient (Wildman–Crippen LogP) is -0.409. The minimum atomic E-state index is -2.49. The molecule has 98 valence electrons. The van der Waals surface area contributed by atoms with Crippen molar-refractivity contribution in [3.8, 4) is 0 Å². The van der Waals surface area contributed by atoms with Gasteiger partial charge in [0, 0.05) is 6.42 Å². The van der Waals surface area contributed by atoms with Crippen LogP contribution in [-0.4, -0.2) is 44.2 Å². The first-order chi connectivity index (χ1) is 7.85. The Bertz CT molecular complexity index is 292. The molecule has 1 aliphatic carbocycles. The molecule has 0 aromatic carbocycles. The molecule has 6 heteroatoms. The van der Waals surface area contributed by atoms with Crippen molar-refractivity contribution in [3.05, 3.63) is 25.7 Å². The Morgan fingerprint density at radius 3 is 1.94 bits per heavy atom. The van der Waals surface area contributed by atoms with Gasteiger partial charge in [0.15, 0.2) is 0 Å². The van der Waals surface area contributed by atoms with E-state index in [-0.39, 0.29) is 19.4 Å². The molecule has 1 saturated carbocycles. The maximum Gasteiger partial charge on any atom is 0.309 e. The van der Waals surface area contributed by atoms with Crippen LogP contribution in [0.2, 0.25) is 0 Å². The molecule has 2 rings (SSSR count). The van der Waals surface area contributed by atoms with Gasteiger partial charge in [0.2, 0.25) is 0 Å². The number of hydrogen-bond acceptors (Lipinski definition) is 6. The lowest BCUT2D eigenvalue weighted by Crippen LogP contribution is -2.53. The third-order valence-electron chi connectivity index (χ3n) is 3.05. The van der Waals surface area contributed by atoms with Gasteiger partial charge in [-0.05, 0) is 12.8 Å². The van der Waals surface area contributed by atoms with Crippen LogP contribution in [0.1, 0.15) is 19.3 Å². The average Bonchev–Trinajstić information content (AvgIpc) is 2.69. The Labute approximate surface area is 99.4 Å². The number of ether oxygens (including phenoxy) is 2. The molecule has 6 nitrogen and oxygen atoms in total. The lowest BCUT2D eigenvalue weighted by molar-refractivity contribution is -0.408. The van der Waals surface area contributed by atoms with E-state index in [1.807, 2.05) is 0 Å². The first kappa shape index (κ1) is 14.1. The first-order valence-corrected chi connectivity index (χ1v) is 5.20. The zero-order valence-electron chi connectivity index (χ0n) is 9.50. The van der Waals surface area contributed by atoms with Crippen molar-refractivity contribution in [1.82, 2.24) is 0 Å². The molecule has 1 aliphatic heterocycles. The minimum absolute atomic E-state index is 0.0868. The molecule has 0 amide bonds. The fourth-order valence-electron chi connectivity index (χ4n) is 2.14. The standard InChI is InChI=1S/C7H12O5.C4H6O/c8-4-5-1-2-6(9,3-5)7(10,11)12-5;1-3-5-4-2/h8-11H,1-4H2;3-4H,1-2H2. The lowest BCUT2D eigenvalue weighted by atomic mass is 10.0. The monoisotopic (exact) mass is 246 g/mol. The largest absolute Gasteiger partial charge is 0.474 e. The summed E-state index contributed by atoms with van der Waals surface area (Å²) in [6, 6.07) is 0. The van der Waals surface area contributed by atoms with Gasteiger partial charge < -0.3 is 29.9 Å². The molecule has 1 saturated heterocycles. The molecule has 1 heterocycles. The molecule has 2 fully saturated rings. The molecule has 4 N–H and O–H groups in total. The summed E-state index contributed by atoms with van der Waals surface area (Å²) >= 11 is 0. The van der Waals surface area contributed by atoms with Gasteiger partial charge in [-0.15, -0.1) is 0 Å². The van der Waals surface area contributed by atoms with E-state index in [1.165, 1.54) is 12.5 Å². The fourth-order valence-corrected chi connectivity index (χ4v) is 2.14. The Hall–Kier alpha value is -0.920. The second-order valence-electron chi connectivity index (χ2n) is 4.23. The smallest absolute Gasteiger partial charge is 0.309 e. The molecule has 0 aromatic rings. The third-order valence-corrected chi connectivity index (χ3v) is 3.05. The molecule has 0 radical (unpaired) electrons. The molecular weight excluding hydrogens is 228 g/mol. The van der Waals surface area contributed by atoms with Gasteiger partial charge >= 0.3 is 5.97 Å². The molecule has 2 bridgehead atoms. The Morgan fingerprint density at radius 2 is 1.76 bits per heavy atom. The summed E-state index contributed by atoms with van der Waals surface area (Å²) < 4.78 is 9.16. The van der Waals surface area contributed by atoms with Crippen molar-refractivity contribution < 1.29 is 29.9 Å². The van der Waals surface area contributed by atoms with Gasteiger partial charge in [-0.1, -0.05) is 13.2 Å². The highest BCUT2D eigenvalue weighted by Gasteiger charge is 2.68. The highest BCUT2D eigenvalue weighted by molar-refractivity contribution is 5.10. The lowest BCUT2D eigenvalue weighted by Gasteiger charge is -2.35. The average molecular weight is 246 g/mol. The van der Waals surface area contributed by atoms with Gasteiger partial charge in [0.25, 0.3) is 0 Å². The summed E-state index contributed by atoms with van der Waals surface area (Å²) in [5, 5.41) is 37.0. The van der Waals surface area contributed by atoms with Crippen LogP contribution in [0.3, 0.4) is 0 Å². The summed E-state index contributed by atoms with van der Waals surface area (Å²) in [5.41, 5.74) is -2.55. The zero-order chi connectivity index (χ0) is 13.2.